The summed E-state index contributed by atoms with van der Waals surface area (Å²) >= 11 is 7.45. The fourth-order valence-electron chi connectivity index (χ4n) is 0. The summed E-state index contributed by atoms with van der Waals surface area (Å²) in [7, 11) is 2.66. The molecule has 0 bridgehead atoms. The topological polar surface area (TPSA) is 0 Å². The first-order valence-corrected chi connectivity index (χ1v) is 4.79. The van der Waals surface area contributed by atoms with Crippen LogP contribution in [-0.4, -0.2) is 0 Å². The molecule has 0 aromatic heterocycles. The van der Waals surface area contributed by atoms with Gasteiger partial charge in [0, 0.05) is 0 Å². The summed E-state index contributed by atoms with van der Waals surface area (Å²) in [4.78, 5) is 0. The Hall–Kier alpha value is 2.40. The minimum atomic E-state index is 0. The quantitative estimate of drug-likeness (QED) is 0.287. The summed E-state index contributed by atoms with van der Waals surface area (Å²) in [5, 5.41) is 0. The Morgan fingerprint density at radius 3 is 1.40 bits per heavy atom. The second kappa shape index (κ2) is 9.64. The van der Waals surface area contributed by atoms with Gasteiger partial charge in [0.2, 0.25) is 0 Å². The molecule has 0 aliphatic carbocycles. The summed E-state index contributed by atoms with van der Waals surface area (Å²) < 4.78 is 0. The zero-order valence-corrected chi connectivity index (χ0v) is 8.13. The van der Waals surface area contributed by atoms with Gasteiger partial charge in [-0.05, 0) is 19.7 Å². The summed E-state index contributed by atoms with van der Waals surface area (Å²) in [5.74, 6) is 0. The first-order chi connectivity index (χ1) is 1.91. The van der Waals surface area contributed by atoms with Gasteiger partial charge in [-0.15, -0.1) is 0 Å². The smallest absolute Gasteiger partial charge is 1.00 e. The van der Waals surface area contributed by atoms with Crippen LogP contribution in [0.5, 0.6) is 0 Å². The van der Waals surface area contributed by atoms with Crippen molar-refractivity contribution < 1.29 is 31.0 Å². The van der Waals surface area contributed by atoms with E-state index in [-0.39, 0.29) is 31.0 Å². The van der Waals surface area contributed by atoms with Crippen LogP contribution in [0, 0.1) is 0 Å². The van der Waals surface area contributed by atoms with Crippen molar-refractivity contribution in [3.63, 3.8) is 0 Å². The molecule has 0 aliphatic heterocycles. The predicted molar refractivity (Wildman–Crippen MR) is 34.3 cm³/mol. The molecule has 0 nitrogen and oxygen atoms in total. The van der Waals surface area contributed by atoms with Gasteiger partial charge in [0.25, 0.3) is 0 Å². The van der Waals surface area contributed by atoms with E-state index in [0.29, 0.717) is 0 Å². The van der Waals surface area contributed by atoms with Gasteiger partial charge in [-0.1, -0.05) is 23.3 Å². The van der Waals surface area contributed by atoms with E-state index in [1.165, 1.54) is 19.7 Å². The van der Waals surface area contributed by atoms with Crippen LogP contribution >= 0.6 is 43.0 Å². The fourth-order valence-corrected chi connectivity index (χ4v) is 0. The summed E-state index contributed by atoms with van der Waals surface area (Å²) in [5.41, 5.74) is 0. The molecule has 0 aromatic rings. The van der Waals surface area contributed by atoms with E-state index in [0.717, 1.165) is 0 Å². The summed E-state index contributed by atoms with van der Waals surface area (Å²) in [6.07, 6.45) is 0. The minimum absolute atomic E-state index is 0. The first kappa shape index (κ1) is 10.4. The zero-order valence-electron chi connectivity index (χ0n) is 3.71. The molecule has 0 saturated heterocycles. The Kier molecular flexibility index (Phi) is 20.0. The van der Waals surface area contributed by atoms with Gasteiger partial charge in [0.05, 0.1) is 0 Å². The van der Waals surface area contributed by atoms with Gasteiger partial charge in [-0.25, -0.2) is 0 Å². The molecule has 0 fully saturated rings. The molecule has 0 aromatic carbocycles. The van der Waals surface area contributed by atoms with E-state index in [2.05, 4.69) is 23.3 Å². The van der Waals surface area contributed by atoms with Crippen LogP contribution in [0.3, 0.4) is 0 Å². The van der Waals surface area contributed by atoms with Crippen molar-refractivity contribution in [2.45, 2.75) is 0 Å². The maximum absolute atomic E-state index is 3.72. The molecule has 0 unspecified atom stereocenters. The second-order valence-electron chi connectivity index (χ2n) is 0.149. The van der Waals surface area contributed by atoms with Gasteiger partial charge < -0.3 is 1.43 Å². The van der Waals surface area contributed by atoms with Crippen molar-refractivity contribution in [2.75, 3.05) is 0 Å². The fraction of sp³-hybridized carbons (Fsp3) is 0. The Morgan fingerprint density at radius 2 is 1.40 bits per heavy atom. The second-order valence-corrected chi connectivity index (χ2v) is 4.02. The summed E-state index contributed by atoms with van der Waals surface area (Å²) in [6, 6.07) is 0. The normalized spacial score (nSPS) is 6.00. The van der Waals surface area contributed by atoms with Gasteiger partial charge in [0.15, 0.2) is 0 Å². The van der Waals surface area contributed by atoms with Crippen LogP contribution in [0.25, 0.3) is 0 Å². The Balaban J connectivity index is -0.0000000450. The van der Waals surface area contributed by atoms with Gasteiger partial charge >= 0.3 is 29.6 Å². The maximum Gasteiger partial charge on any atom is 1.00 e. The number of hydrogen-bond donors (Lipinski definition) is 2. The molecule has 0 atom stereocenters. The standard InChI is InChI=1S/Na.H2S4.H/c;1-3-4-2;/h;1-2H;/q+1;;-1. The van der Waals surface area contributed by atoms with Crippen molar-refractivity contribution in [1.29, 1.82) is 0 Å². The van der Waals surface area contributed by atoms with Gasteiger partial charge in [0.1, 0.15) is 0 Å². The Bertz CT molecular complexity index is 9.51. The van der Waals surface area contributed by atoms with Crippen LogP contribution in [-0.2, 0) is 0 Å². The predicted octanol–water partition coefficient (Wildman–Crippen LogP) is -0.826. The third-order valence-corrected chi connectivity index (χ3v) is 2.70. The monoisotopic (exact) mass is 154 g/mol. The van der Waals surface area contributed by atoms with Crippen molar-refractivity contribution in [3.8, 4) is 0 Å². The molecule has 0 saturated carbocycles. The molecule has 5 heavy (non-hydrogen) atoms. The van der Waals surface area contributed by atoms with E-state index in [4.69, 9.17) is 0 Å². The van der Waals surface area contributed by atoms with Crippen molar-refractivity contribution >= 4 is 43.0 Å². The Morgan fingerprint density at radius 1 is 1.20 bits per heavy atom. The molecule has 0 heterocycles. The molecule has 0 spiro atoms. The molecule has 0 N–H and O–H groups in total. The third-order valence-electron chi connectivity index (χ3n) is 0.0333. The van der Waals surface area contributed by atoms with Crippen molar-refractivity contribution in [2.24, 2.45) is 0 Å². The number of thiol groups is 2. The molecule has 0 rings (SSSR count). The molecule has 5 heteroatoms. The van der Waals surface area contributed by atoms with E-state index < -0.39 is 0 Å². The molecule has 0 aliphatic rings. The van der Waals surface area contributed by atoms with Crippen LogP contribution in [0.2, 0.25) is 0 Å². The van der Waals surface area contributed by atoms with Crippen LogP contribution in [0.4, 0.5) is 0 Å². The van der Waals surface area contributed by atoms with Crippen LogP contribution in [0.1, 0.15) is 1.43 Å². The number of rotatable bonds is 1. The van der Waals surface area contributed by atoms with Crippen molar-refractivity contribution in [1.82, 2.24) is 0 Å². The molecule has 0 amide bonds. The van der Waals surface area contributed by atoms with Crippen LogP contribution < -0.4 is 29.6 Å². The summed E-state index contributed by atoms with van der Waals surface area (Å²) in [6.45, 7) is 0. The molecular weight excluding hydrogens is 151 g/mol. The van der Waals surface area contributed by atoms with Crippen LogP contribution in [0.15, 0.2) is 0 Å². The van der Waals surface area contributed by atoms with E-state index in [1.807, 2.05) is 0 Å². The van der Waals surface area contributed by atoms with Gasteiger partial charge in [-0.3, -0.25) is 0 Å². The molecular formula is H3NaS4. The van der Waals surface area contributed by atoms with Gasteiger partial charge in [-0.2, -0.15) is 0 Å². The zero-order chi connectivity index (χ0) is 3.41. The van der Waals surface area contributed by atoms with E-state index in [9.17, 15) is 0 Å². The molecule has 0 radical (unpaired) electrons. The largest absolute Gasteiger partial charge is 1.00 e. The average molecular weight is 154 g/mol. The van der Waals surface area contributed by atoms with Crippen molar-refractivity contribution in [3.05, 3.63) is 0 Å². The third kappa shape index (κ3) is 10.7. The van der Waals surface area contributed by atoms with E-state index in [1.54, 1.807) is 0 Å². The molecule has 28 valence electrons. The number of hydrogen-bond acceptors (Lipinski definition) is 4. The SMILES string of the molecule is SSSS.[H-].[Na+]. The first-order valence-electron chi connectivity index (χ1n) is 0.532. The minimum Gasteiger partial charge on any atom is -1.00 e. The maximum atomic E-state index is 3.72. The average Bonchev–Trinajstić information content (AvgIpc) is 1.37. The van der Waals surface area contributed by atoms with E-state index >= 15 is 0 Å². The Labute approximate surface area is 73.0 Å².